The first-order chi connectivity index (χ1) is 9.33. The van der Waals surface area contributed by atoms with Gasteiger partial charge in [0.15, 0.2) is 0 Å². The van der Waals surface area contributed by atoms with Crippen molar-refractivity contribution in [3.05, 3.63) is 35.6 Å². The molecule has 0 aliphatic carbocycles. The van der Waals surface area contributed by atoms with Crippen molar-refractivity contribution in [3.63, 3.8) is 0 Å². The summed E-state index contributed by atoms with van der Waals surface area (Å²) in [4.78, 5) is 13.8. The summed E-state index contributed by atoms with van der Waals surface area (Å²) in [6.07, 6.45) is 0.553. The van der Waals surface area contributed by atoms with Crippen molar-refractivity contribution in [2.24, 2.45) is 5.41 Å². The van der Waals surface area contributed by atoms with E-state index in [-0.39, 0.29) is 23.2 Å². The Balaban J connectivity index is 1.87. The molecule has 1 saturated heterocycles. The van der Waals surface area contributed by atoms with Gasteiger partial charge in [-0.05, 0) is 23.1 Å². The van der Waals surface area contributed by atoms with Crippen molar-refractivity contribution in [2.75, 3.05) is 13.1 Å². The van der Waals surface area contributed by atoms with Crippen LogP contribution in [-0.2, 0) is 11.3 Å². The predicted octanol–water partition coefficient (Wildman–Crippen LogP) is 2.56. The Kier molecular flexibility index (Phi) is 4.43. The number of carbonyl (C=O) groups is 1. The van der Waals surface area contributed by atoms with Crippen molar-refractivity contribution < 1.29 is 9.18 Å². The fourth-order valence-corrected chi connectivity index (χ4v) is 2.32. The molecule has 1 heterocycles. The van der Waals surface area contributed by atoms with Gasteiger partial charge < -0.3 is 10.2 Å². The van der Waals surface area contributed by atoms with Crippen molar-refractivity contribution in [3.8, 4) is 0 Å². The summed E-state index contributed by atoms with van der Waals surface area (Å²) in [6, 6.07) is 6.56. The second-order valence-corrected chi connectivity index (χ2v) is 6.74. The van der Waals surface area contributed by atoms with Crippen LogP contribution in [0.3, 0.4) is 0 Å². The maximum absolute atomic E-state index is 12.9. The van der Waals surface area contributed by atoms with Crippen LogP contribution in [0.25, 0.3) is 0 Å². The first-order valence-electron chi connectivity index (χ1n) is 7.09. The number of benzene rings is 1. The third-order valence-electron chi connectivity index (χ3n) is 3.42. The van der Waals surface area contributed by atoms with Gasteiger partial charge in [-0.15, -0.1) is 0 Å². The summed E-state index contributed by atoms with van der Waals surface area (Å²) >= 11 is 0. The molecule has 1 N–H and O–H groups in total. The highest BCUT2D eigenvalue weighted by Gasteiger charge is 2.29. The van der Waals surface area contributed by atoms with E-state index in [1.165, 1.54) is 12.1 Å². The van der Waals surface area contributed by atoms with Gasteiger partial charge in [-0.2, -0.15) is 0 Å². The average Bonchev–Trinajstić information content (AvgIpc) is 2.70. The van der Waals surface area contributed by atoms with E-state index >= 15 is 0 Å². The van der Waals surface area contributed by atoms with Crippen LogP contribution >= 0.6 is 0 Å². The Hall–Kier alpha value is -1.42. The minimum Gasteiger partial charge on any atom is -0.337 e. The minimum absolute atomic E-state index is 0.167. The van der Waals surface area contributed by atoms with Crippen molar-refractivity contribution in [2.45, 2.75) is 39.8 Å². The molecule has 0 radical (unpaired) electrons. The highest BCUT2D eigenvalue weighted by molar-refractivity contribution is 5.79. The third kappa shape index (κ3) is 4.30. The van der Waals surface area contributed by atoms with Crippen LogP contribution in [0.2, 0.25) is 0 Å². The van der Waals surface area contributed by atoms with Crippen LogP contribution in [0.15, 0.2) is 24.3 Å². The minimum atomic E-state index is -0.244. The van der Waals surface area contributed by atoms with E-state index in [1.54, 1.807) is 12.1 Å². The Morgan fingerprint density at radius 1 is 1.30 bits per heavy atom. The Morgan fingerprint density at radius 2 is 1.95 bits per heavy atom. The first kappa shape index (κ1) is 15.0. The monoisotopic (exact) mass is 278 g/mol. The molecule has 1 unspecified atom stereocenters. The molecule has 1 aromatic rings. The molecule has 1 amide bonds. The quantitative estimate of drug-likeness (QED) is 0.918. The van der Waals surface area contributed by atoms with Gasteiger partial charge in [0.1, 0.15) is 5.82 Å². The molecular formula is C16H23FN2O. The molecular weight excluding hydrogens is 255 g/mol. The Morgan fingerprint density at radius 3 is 2.55 bits per heavy atom. The van der Waals surface area contributed by atoms with Crippen molar-refractivity contribution >= 4 is 5.91 Å². The largest absolute Gasteiger partial charge is 0.337 e. The number of rotatable bonds is 4. The highest BCUT2D eigenvalue weighted by Crippen LogP contribution is 2.17. The summed E-state index contributed by atoms with van der Waals surface area (Å²) in [6.45, 7) is 8.71. The summed E-state index contributed by atoms with van der Waals surface area (Å²) < 4.78 is 12.9. The molecule has 3 nitrogen and oxygen atoms in total. The van der Waals surface area contributed by atoms with E-state index < -0.39 is 0 Å². The standard InChI is InChI=1S/C16H23FN2O/c1-16(2,3)11-18-14-8-15(20)19(10-14)9-12-4-6-13(17)7-5-12/h4-7,14,18H,8-11H2,1-3H3. The van der Waals surface area contributed by atoms with E-state index in [2.05, 4.69) is 26.1 Å². The molecule has 1 aliphatic heterocycles. The van der Waals surface area contributed by atoms with Crippen molar-refractivity contribution in [1.82, 2.24) is 10.2 Å². The van der Waals surface area contributed by atoms with Crippen LogP contribution in [0.5, 0.6) is 0 Å². The van der Waals surface area contributed by atoms with Crippen LogP contribution < -0.4 is 5.32 Å². The number of hydrogen-bond donors (Lipinski definition) is 1. The number of nitrogens with zero attached hydrogens (tertiary/aromatic N) is 1. The molecule has 0 spiro atoms. The summed E-state index contributed by atoms with van der Waals surface area (Å²) in [5.74, 6) is -0.0769. The normalized spacial score (nSPS) is 19.7. The molecule has 0 saturated carbocycles. The number of halogens is 1. The second-order valence-electron chi connectivity index (χ2n) is 6.74. The van der Waals surface area contributed by atoms with Gasteiger partial charge >= 0.3 is 0 Å². The van der Waals surface area contributed by atoms with E-state index in [1.807, 2.05) is 4.90 Å². The Bertz CT molecular complexity index is 464. The van der Waals surface area contributed by atoms with Crippen LogP contribution in [0.4, 0.5) is 4.39 Å². The number of hydrogen-bond acceptors (Lipinski definition) is 2. The predicted molar refractivity (Wildman–Crippen MR) is 77.7 cm³/mol. The fourth-order valence-electron chi connectivity index (χ4n) is 2.32. The fraction of sp³-hybridized carbons (Fsp3) is 0.562. The number of carbonyl (C=O) groups excluding carboxylic acids is 1. The topological polar surface area (TPSA) is 32.3 Å². The molecule has 1 aliphatic rings. The van der Waals surface area contributed by atoms with E-state index in [0.717, 1.165) is 18.7 Å². The van der Waals surface area contributed by atoms with E-state index in [0.29, 0.717) is 13.0 Å². The summed E-state index contributed by atoms with van der Waals surface area (Å²) in [7, 11) is 0. The lowest BCUT2D eigenvalue weighted by Gasteiger charge is -2.22. The zero-order chi connectivity index (χ0) is 14.8. The number of amides is 1. The van der Waals surface area contributed by atoms with Gasteiger partial charge in [0.05, 0.1) is 0 Å². The van der Waals surface area contributed by atoms with Gasteiger partial charge in [0.25, 0.3) is 0 Å². The second kappa shape index (κ2) is 5.92. The molecule has 1 aromatic carbocycles. The Labute approximate surface area is 120 Å². The van der Waals surface area contributed by atoms with Crippen LogP contribution in [0.1, 0.15) is 32.8 Å². The molecule has 2 rings (SSSR count). The number of nitrogens with one attached hydrogen (secondary N) is 1. The number of likely N-dealkylation sites (tertiary alicyclic amines) is 1. The maximum atomic E-state index is 12.9. The lowest BCUT2D eigenvalue weighted by atomic mass is 9.96. The lowest BCUT2D eigenvalue weighted by Crippen LogP contribution is -2.37. The molecule has 0 aromatic heterocycles. The third-order valence-corrected chi connectivity index (χ3v) is 3.42. The molecule has 1 atom stereocenters. The lowest BCUT2D eigenvalue weighted by molar-refractivity contribution is -0.128. The van der Waals surface area contributed by atoms with Gasteiger partial charge in [0, 0.05) is 32.1 Å². The van der Waals surface area contributed by atoms with Gasteiger partial charge in [-0.1, -0.05) is 32.9 Å². The smallest absolute Gasteiger partial charge is 0.224 e. The molecule has 20 heavy (non-hydrogen) atoms. The van der Waals surface area contributed by atoms with Gasteiger partial charge in [-0.3, -0.25) is 4.79 Å². The molecule has 110 valence electrons. The summed E-state index contributed by atoms with van der Waals surface area (Å²) in [5, 5.41) is 3.45. The maximum Gasteiger partial charge on any atom is 0.224 e. The van der Waals surface area contributed by atoms with Gasteiger partial charge in [-0.25, -0.2) is 4.39 Å². The molecule has 1 fully saturated rings. The van der Waals surface area contributed by atoms with Crippen LogP contribution in [0, 0.1) is 11.2 Å². The van der Waals surface area contributed by atoms with E-state index in [4.69, 9.17) is 0 Å². The molecule has 4 heteroatoms. The molecule has 0 bridgehead atoms. The highest BCUT2D eigenvalue weighted by atomic mass is 19.1. The first-order valence-corrected chi connectivity index (χ1v) is 7.09. The SMILES string of the molecule is CC(C)(C)CNC1CC(=O)N(Cc2ccc(F)cc2)C1. The zero-order valence-electron chi connectivity index (χ0n) is 12.4. The summed E-state index contributed by atoms with van der Waals surface area (Å²) in [5.41, 5.74) is 1.18. The van der Waals surface area contributed by atoms with Gasteiger partial charge in [0.2, 0.25) is 5.91 Å². The van der Waals surface area contributed by atoms with E-state index in [9.17, 15) is 9.18 Å². The zero-order valence-corrected chi connectivity index (χ0v) is 12.4. The average molecular weight is 278 g/mol. The van der Waals surface area contributed by atoms with Crippen molar-refractivity contribution in [1.29, 1.82) is 0 Å². The van der Waals surface area contributed by atoms with Crippen LogP contribution in [-0.4, -0.2) is 29.9 Å².